The van der Waals surface area contributed by atoms with E-state index < -0.39 is 33.9 Å². The fourth-order valence-electron chi connectivity index (χ4n) is 1.95. The zero-order valence-corrected chi connectivity index (χ0v) is 13.3. The number of carbonyl (C=O) groups excluding carboxylic acids is 1. The molecule has 0 aromatic carbocycles. The van der Waals surface area contributed by atoms with Gasteiger partial charge in [0, 0.05) is 11.5 Å². The molecule has 120 valence electrons. The minimum absolute atomic E-state index is 0.177. The molecule has 0 spiro atoms. The molecule has 1 aliphatic heterocycles. The van der Waals surface area contributed by atoms with Crippen molar-refractivity contribution in [2.24, 2.45) is 5.11 Å². The summed E-state index contributed by atoms with van der Waals surface area (Å²) >= 11 is 0. The van der Waals surface area contributed by atoms with Crippen LogP contribution in [0, 0.1) is 0 Å². The van der Waals surface area contributed by atoms with Gasteiger partial charge < -0.3 is 9.64 Å². The van der Waals surface area contributed by atoms with Crippen molar-refractivity contribution in [3.63, 3.8) is 0 Å². The Morgan fingerprint density at radius 2 is 2.10 bits per heavy atom. The van der Waals surface area contributed by atoms with Crippen molar-refractivity contribution < 1.29 is 22.1 Å². The van der Waals surface area contributed by atoms with Crippen molar-refractivity contribution in [2.45, 2.75) is 44.9 Å². The van der Waals surface area contributed by atoms with E-state index in [4.69, 9.17) is 14.5 Å². The van der Waals surface area contributed by atoms with Crippen LogP contribution in [0.15, 0.2) is 5.11 Å². The van der Waals surface area contributed by atoms with E-state index in [1.54, 1.807) is 20.8 Å². The van der Waals surface area contributed by atoms with Crippen molar-refractivity contribution in [3.8, 4) is 0 Å². The molecule has 0 saturated carbocycles. The lowest BCUT2D eigenvalue weighted by atomic mass is 10.2. The normalized spacial score (nSPS) is 22.8. The monoisotopic (exact) mass is 320 g/mol. The third kappa shape index (κ3) is 6.19. The molecule has 21 heavy (non-hydrogen) atoms. The third-order valence-electron chi connectivity index (χ3n) is 2.71. The van der Waals surface area contributed by atoms with Crippen LogP contribution in [0.2, 0.25) is 0 Å². The first-order valence-electron chi connectivity index (χ1n) is 6.40. The minimum atomic E-state index is -3.61. The summed E-state index contributed by atoms with van der Waals surface area (Å²) < 4.78 is 32.1. The number of hydrogen-bond donors (Lipinski definition) is 0. The average Bonchev–Trinajstić information content (AvgIpc) is 2.67. The molecule has 0 aromatic rings. The van der Waals surface area contributed by atoms with Gasteiger partial charge >= 0.3 is 6.09 Å². The second kappa shape index (κ2) is 6.50. The predicted octanol–water partition coefficient (Wildman–Crippen LogP) is 1.65. The van der Waals surface area contributed by atoms with Crippen LogP contribution in [0.25, 0.3) is 10.4 Å². The number of carbonyl (C=O) groups is 1. The molecule has 0 aliphatic carbocycles. The van der Waals surface area contributed by atoms with Crippen molar-refractivity contribution in [3.05, 3.63) is 10.4 Å². The number of amides is 1. The highest BCUT2D eigenvalue weighted by Crippen LogP contribution is 2.24. The quantitative estimate of drug-likeness (QED) is 0.337. The highest BCUT2D eigenvalue weighted by Gasteiger charge is 2.37. The molecule has 1 amide bonds. The maximum atomic E-state index is 12.1. The molecule has 1 rings (SSSR count). The highest BCUT2D eigenvalue weighted by atomic mass is 32.2. The second-order valence-electron chi connectivity index (χ2n) is 5.87. The van der Waals surface area contributed by atoms with E-state index in [1.807, 2.05) is 0 Å². The predicted molar refractivity (Wildman–Crippen MR) is 75.1 cm³/mol. The first-order chi connectivity index (χ1) is 9.52. The van der Waals surface area contributed by atoms with E-state index in [9.17, 15) is 13.2 Å². The second-order valence-corrected chi connectivity index (χ2v) is 7.51. The molecular formula is C11H20N4O5S. The fraction of sp³-hybridized carbons (Fsp3) is 0.909. The number of likely N-dealkylation sites (tertiary alicyclic amines) is 1. The molecule has 2 unspecified atom stereocenters. The molecule has 0 radical (unpaired) electrons. The summed E-state index contributed by atoms with van der Waals surface area (Å²) in [4.78, 5) is 16.2. The van der Waals surface area contributed by atoms with Crippen LogP contribution >= 0.6 is 0 Å². The Kier molecular flexibility index (Phi) is 5.43. The van der Waals surface area contributed by atoms with Gasteiger partial charge in [0.1, 0.15) is 5.60 Å². The molecule has 0 aromatic heterocycles. The lowest BCUT2D eigenvalue weighted by Gasteiger charge is -2.28. The van der Waals surface area contributed by atoms with Gasteiger partial charge in [0.05, 0.1) is 24.9 Å². The van der Waals surface area contributed by atoms with E-state index in [1.165, 1.54) is 4.90 Å². The van der Waals surface area contributed by atoms with Crippen LogP contribution in [0.3, 0.4) is 0 Å². The summed E-state index contributed by atoms with van der Waals surface area (Å²) in [5.41, 5.74) is 7.81. The van der Waals surface area contributed by atoms with Gasteiger partial charge in [-0.15, -0.1) is 0 Å². The van der Waals surface area contributed by atoms with Gasteiger partial charge in [-0.2, -0.15) is 8.42 Å². The Morgan fingerprint density at radius 3 is 2.57 bits per heavy atom. The van der Waals surface area contributed by atoms with Crippen molar-refractivity contribution in [2.75, 3.05) is 19.4 Å². The number of rotatable bonds is 4. The summed E-state index contributed by atoms with van der Waals surface area (Å²) in [7, 11) is -3.61. The Labute approximate surface area is 123 Å². The summed E-state index contributed by atoms with van der Waals surface area (Å²) in [5.74, 6) is 0. The third-order valence-corrected chi connectivity index (χ3v) is 3.27. The molecule has 9 nitrogen and oxygen atoms in total. The van der Waals surface area contributed by atoms with Crippen LogP contribution in [0.1, 0.15) is 27.2 Å². The van der Waals surface area contributed by atoms with Gasteiger partial charge in [-0.3, -0.25) is 4.18 Å². The minimum Gasteiger partial charge on any atom is -0.444 e. The summed E-state index contributed by atoms with van der Waals surface area (Å²) in [6, 6.07) is -0.930. The largest absolute Gasteiger partial charge is 0.444 e. The van der Waals surface area contributed by atoms with Crippen LogP contribution in [-0.2, 0) is 19.0 Å². The average molecular weight is 320 g/mol. The number of hydrogen-bond acceptors (Lipinski definition) is 6. The van der Waals surface area contributed by atoms with Crippen molar-refractivity contribution in [1.29, 1.82) is 0 Å². The van der Waals surface area contributed by atoms with Gasteiger partial charge in [-0.1, -0.05) is 5.11 Å². The summed E-state index contributed by atoms with van der Waals surface area (Å²) in [5, 5.41) is 3.57. The van der Waals surface area contributed by atoms with E-state index in [2.05, 4.69) is 10.0 Å². The highest BCUT2D eigenvalue weighted by molar-refractivity contribution is 7.85. The first-order valence-corrected chi connectivity index (χ1v) is 8.22. The fourth-order valence-corrected chi connectivity index (χ4v) is 2.36. The SMILES string of the molecule is CC(C)(C)OC(=O)N1CC(N=[N+]=[N-])CC1COS(C)(=O)=O. The van der Waals surface area contributed by atoms with E-state index in [-0.39, 0.29) is 13.2 Å². The molecule has 1 aliphatic rings. The number of azide groups is 1. The maximum Gasteiger partial charge on any atom is 0.410 e. The Morgan fingerprint density at radius 1 is 1.48 bits per heavy atom. The van der Waals surface area contributed by atoms with E-state index >= 15 is 0 Å². The zero-order chi connectivity index (χ0) is 16.3. The van der Waals surface area contributed by atoms with Crippen LogP contribution in [-0.4, -0.2) is 56.5 Å². The maximum absolute atomic E-state index is 12.1. The summed E-state index contributed by atoms with van der Waals surface area (Å²) in [6.45, 7) is 5.18. The van der Waals surface area contributed by atoms with Crippen LogP contribution in [0.4, 0.5) is 4.79 Å². The lowest BCUT2D eigenvalue weighted by Crippen LogP contribution is -2.42. The molecule has 1 fully saturated rings. The molecular weight excluding hydrogens is 300 g/mol. The summed E-state index contributed by atoms with van der Waals surface area (Å²) in [6.07, 6.45) is 0.684. The lowest BCUT2D eigenvalue weighted by molar-refractivity contribution is 0.0188. The molecule has 1 heterocycles. The van der Waals surface area contributed by atoms with Crippen molar-refractivity contribution >= 4 is 16.2 Å². The first kappa shape index (κ1) is 17.5. The standard InChI is InChI=1S/C11H20N4O5S/c1-11(2,3)20-10(16)15-6-8(13-14-12)5-9(15)7-19-21(4,17)18/h8-9H,5-7H2,1-4H3. The number of ether oxygens (including phenoxy) is 1. The zero-order valence-electron chi connectivity index (χ0n) is 12.5. The Bertz CT molecular complexity index is 535. The molecule has 1 saturated heterocycles. The van der Waals surface area contributed by atoms with Crippen molar-refractivity contribution in [1.82, 2.24) is 4.90 Å². The van der Waals surface area contributed by atoms with E-state index in [0.29, 0.717) is 6.42 Å². The smallest absolute Gasteiger partial charge is 0.410 e. The topological polar surface area (TPSA) is 122 Å². The van der Waals surface area contributed by atoms with Crippen LogP contribution in [0.5, 0.6) is 0 Å². The van der Waals surface area contributed by atoms with Gasteiger partial charge in [0.15, 0.2) is 0 Å². The van der Waals surface area contributed by atoms with Crippen LogP contribution < -0.4 is 0 Å². The molecule has 10 heteroatoms. The molecule has 2 atom stereocenters. The van der Waals surface area contributed by atoms with E-state index in [0.717, 1.165) is 6.26 Å². The van der Waals surface area contributed by atoms with Gasteiger partial charge in [-0.25, -0.2) is 4.79 Å². The number of nitrogens with zero attached hydrogens (tertiary/aromatic N) is 4. The van der Waals surface area contributed by atoms with Gasteiger partial charge in [0.2, 0.25) is 0 Å². The van der Waals surface area contributed by atoms with Gasteiger partial charge in [0.25, 0.3) is 10.1 Å². The Balaban J connectivity index is 2.80. The van der Waals surface area contributed by atoms with Gasteiger partial charge in [-0.05, 0) is 32.7 Å². The molecule has 0 N–H and O–H groups in total. The molecule has 0 bridgehead atoms. The Hall–Kier alpha value is -1.51.